The molecule has 1 aromatic rings. The van der Waals surface area contributed by atoms with Crippen molar-refractivity contribution in [2.24, 2.45) is 0 Å². The maximum absolute atomic E-state index is 12.6. The third-order valence-electron chi connectivity index (χ3n) is 3.48. The van der Waals surface area contributed by atoms with Crippen molar-refractivity contribution < 1.29 is 13.9 Å². The van der Waals surface area contributed by atoms with E-state index in [0.29, 0.717) is 24.4 Å². The molecule has 1 saturated heterocycles. The summed E-state index contributed by atoms with van der Waals surface area (Å²) in [7, 11) is 0. The number of furan rings is 1. The first-order valence-corrected chi connectivity index (χ1v) is 6.41. The van der Waals surface area contributed by atoms with Crippen LogP contribution in [0.2, 0.25) is 0 Å². The molecule has 2 unspecified atom stereocenters. The van der Waals surface area contributed by atoms with Gasteiger partial charge in [-0.25, -0.2) is 0 Å². The Kier molecular flexibility index (Phi) is 3.48. The van der Waals surface area contributed by atoms with E-state index in [9.17, 15) is 4.79 Å². The van der Waals surface area contributed by atoms with E-state index in [4.69, 9.17) is 9.15 Å². The number of nitrogens with zero attached hydrogens (tertiary/aromatic N) is 1. The van der Waals surface area contributed by atoms with Gasteiger partial charge in [0.15, 0.2) is 0 Å². The first-order chi connectivity index (χ1) is 8.40. The molecule has 0 bridgehead atoms. The van der Waals surface area contributed by atoms with Gasteiger partial charge >= 0.3 is 0 Å². The third-order valence-corrected chi connectivity index (χ3v) is 3.48. The number of amides is 1. The summed E-state index contributed by atoms with van der Waals surface area (Å²) in [5, 5.41) is 0. The summed E-state index contributed by atoms with van der Waals surface area (Å²) in [5.41, 5.74) is 1.66. The average molecular weight is 251 g/mol. The van der Waals surface area contributed by atoms with E-state index in [1.807, 2.05) is 39.5 Å². The van der Waals surface area contributed by atoms with Crippen LogP contribution in [0.5, 0.6) is 0 Å². The molecule has 18 heavy (non-hydrogen) atoms. The molecule has 0 aromatic carbocycles. The van der Waals surface area contributed by atoms with Gasteiger partial charge in [0, 0.05) is 18.7 Å². The highest BCUT2D eigenvalue weighted by Crippen LogP contribution is 2.24. The van der Waals surface area contributed by atoms with Crippen LogP contribution in [-0.4, -0.2) is 36.1 Å². The minimum atomic E-state index is 0.0591. The van der Waals surface area contributed by atoms with Crippen molar-refractivity contribution in [3.8, 4) is 0 Å². The van der Waals surface area contributed by atoms with Gasteiger partial charge in [0.05, 0.1) is 17.8 Å². The van der Waals surface area contributed by atoms with E-state index in [-0.39, 0.29) is 18.1 Å². The van der Waals surface area contributed by atoms with Gasteiger partial charge in [-0.15, -0.1) is 0 Å². The Balaban J connectivity index is 2.25. The van der Waals surface area contributed by atoms with Crippen molar-refractivity contribution >= 4 is 5.91 Å². The van der Waals surface area contributed by atoms with Gasteiger partial charge in [-0.3, -0.25) is 4.79 Å². The number of aryl methyl sites for hydroxylation is 2. The molecule has 1 aromatic heterocycles. The zero-order valence-electron chi connectivity index (χ0n) is 11.7. The molecule has 1 aliphatic rings. The van der Waals surface area contributed by atoms with Crippen molar-refractivity contribution in [3.05, 3.63) is 22.6 Å². The normalized spacial score (nSPS) is 24.4. The summed E-state index contributed by atoms with van der Waals surface area (Å²) in [6.07, 6.45) is 0.178. The molecule has 0 N–H and O–H groups in total. The molecule has 2 rings (SSSR count). The van der Waals surface area contributed by atoms with Gasteiger partial charge in [-0.1, -0.05) is 0 Å². The Bertz CT molecular complexity index is 454. The SMILES string of the molecule is Cc1oc(C)c(C(=O)N2CC(C)OC(C)C2)c1C. The smallest absolute Gasteiger partial charge is 0.257 e. The van der Waals surface area contributed by atoms with Gasteiger partial charge in [-0.05, 0) is 34.6 Å². The zero-order chi connectivity index (χ0) is 13.4. The van der Waals surface area contributed by atoms with Crippen molar-refractivity contribution in [2.45, 2.75) is 46.8 Å². The van der Waals surface area contributed by atoms with Crippen LogP contribution in [0.3, 0.4) is 0 Å². The predicted octanol–water partition coefficient (Wildman–Crippen LogP) is 2.45. The van der Waals surface area contributed by atoms with Crippen molar-refractivity contribution in [2.75, 3.05) is 13.1 Å². The number of hydrogen-bond donors (Lipinski definition) is 0. The second-order valence-corrected chi connectivity index (χ2v) is 5.18. The zero-order valence-corrected chi connectivity index (χ0v) is 11.7. The minimum Gasteiger partial charge on any atom is -0.466 e. The monoisotopic (exact) mass is 251 g/mol. The second-order valence-electron chi connectivity index (χ2n) is 5.18. The van der Waals surface area contributed by atoms with Gasteiger partial charge in [0.2, 0.25) is 0 Å². The van der Waals surface area contributed by atoms with Crippen LogP contribution in [0.25, 0.3) is 0 Å². The molecule has 1 fully saturated rings. The Labute approximate surface area is 108 Å². The minimum absolute atomic E-state index is 0.0591. The molecule has 4 nitrogen and oxygen atoms in total. The molecule has 0 radical (unpaired) electrons. The quantitative estimate of drug-likeness (QED) is 0.770. The molecule has 100 valence electrons. The van der Waals surface area contributed by atoms with E-state index in [1.165, 1.54) is 0 Å². The summed E-state index contributed by atoms with van der Waals surface area (Å²) in [4.78, 5) is 14.4. The summed E-state index contributed by atoms with van der Waals surface area (Å²) in [5.74, 6) is 1.59. The topological polar surface area (TPSA) is 42.7 Å². The molecule has 2 heterocycles. The van der Waals surface area contributed by atoms with Crippen LogP contribution in [0.1, 0.15) is 41.3 Å². The third kappa shape index (κ3) is 2.29. The van der Waals surface area contributed by atoms with Crippen LogP contribution in [0.4, 0.5) is 0 Å². The molecule has 2 atom stereocenters. The summed E-state index contributed by atoms with van der Waals surface area (Å²) >= 11 is 0. The molecule has 0 aliphatic carbocycles. The first-order valence-electron chi connectivity index (χ1n) is 6.41. The van der Waals surface area contributed by atoms with E-state index in [1.54, 1.807) is 0 Å². The molecule has 1 amide bonds. The molecule has 0 saturated carbocycles. The van der Waals surface area contributed by atoms with E-state index in [0.717, 1.165) is 11.3 Å². The van der Waals surface area contributed by atoms with E-state index < -0.39 is 0 Å². The second kappa shape index (κ2) is 4.76. The fraction of sp³-hybridized carbons (Fsp3) is 0.643. The summed E-state index contributed by atoms with van der Waals surface area (Å²) in [6, 6.07) is 0. The standard InChI is InChI=1S/C14H21NO3/c1-8-6-15(7-9(2)17-8)14(16)13-10(3)11(4)18-12(13)5/h8-9H,6-7H2,1-5H3. The lowest BCUT2D eigenvalue weighted by atomic mass is 10.1. The largest absolute Gasteiger partial charge is 0.466 e. The lowest BCUT2D eigenvalue weighted by Gasteiger charge is -2.35. The molecule has 4 heteroatoms. The average Bonchev–Trinajstić information content (AvgIpc) is 2.51. The Morgan fingerprint density at radius 2 is 1.67 bits per heavy atom. The maximum Gasteiger partial charge on any atom is 0.257 e. The fourth-order valence-corrected chi connectivity index (χ4v) is 2.61. The van der Waals surface area contributed by atoms with Crippen LogP contribution in [0, 0.1) is 20.8 Å². The highest BCUT2D eigenvalue weighted by Gasteiger charge is 2.29. The molecule has 1 aliphatic heterocycles. The Morgan fingerprint density at radius 3 is 2.11 bits per heavy atom. The van der Waals surface area contributed by atoms with Gasteiger partial charge in [0.1, 0.15) is 11.5 Å². The predicted molar refractivity (Wildman–Crippen MR) is 68.8 cm³/mol. The number of carbonyl (C=O) groups excluding carboxylic acids is 1. The number of carbonyl (C=O) groups is 1. The number of hydrogen-bond acceptors (Lipinski definition) is 3. The summed E-state index contributed by atoms with van der Waals surface area (Å²) in [6.45, 7) is 11.0. The molecule has 0 spiro atoms. The Morgan fingerprint density at radius 1 is 1.11 bits per heavy atom. The Hall–Kier alpha value is -1.29. The molecular weight excluding hydrogens is 230 g/mol. The van der Waals surface area contributed by atoms with E-state index >= 15 is 0 Å². The maximum atomic E-state index is 12.6. The van der Waals surface area contributed by atoms with Gasteiger partial charge in [0.25, 0.3) is 5.91 Å². The number of morpholine rings is 1. The van der Waals surface area contributed by atoms with Crippen LogP contribution < -0.4 is 0 Å². The number of ether oxygens (including phenoxy) is 1. The van der Waals surface area contributed by atoms with Crippen molar-refractivity contribution in [1.82, 2.24) is 4.90 Å². The van der Waals surface area contributed by atoms with Crippen molar-refractivity contribution in [1.29, 1.82) is 0 Å². The van der Waals surface area contributed by atoms with Crippen molar-refractivity contribution in [3.63, 3.8) is 0 Å². The van der Waals surface area contributed by atoms with Crippen LogP contribution in [0.15, 0.2) is 4.42 Å². The molecular formula is C14H21NO3. The highest BCUT2D eigenvalue weighted by atomic mass is 16.5. The van der Waals surface area contributed by atoms with Crippen LogP contribution in [-0.2, 0) is 4.74 Å². The van der Waals surface area contributed by atoms with Gasteiger partial charge < -0.3 is 14.1 Å². The lowest BCUT2D eigenvalue weighted by molar-refractivity contribution is -0.0586. The van der Waals surface area contributed by atoms with Crippen LogP contribution >= 0.6 is 0 Å². The van der Waals surface area contributed by atoms with Gasteiger partial charge in [-0.2, -0.15) is 0 Å². The lowest BCUT2D eigenvalue weighted by Crippen LogP contribution is -2.48. The fourth-order valence-electron chi connectivity index (χ4n) is 2.61. The first kappa shape index (κ1) is 13.1. The highest BCUT2D eigenvalue weighted by molar-refractivity contribution is 5.97. The number of rotatable bonds is 1. The summed E-state index contributed by atoms with van der Waals surface area (Å²) < 4.78 is 11.2. The van der Waals surface area contributed by atoms with E-state index in [2.05, 4.69) is 0 Å².